The van der Waals surface area contributed by atoms with Crippen molar-refractivity contribution in [3.8, 4) is 0 Å². The predicted octanol–water partition coefficient (Wildman–Crippen LogP) is 5.83. The molecule has 1 unspecified atom stereocenters. The maximum Gasteiger partial charge on any atom is 0.0500 e. The molecule has 0 radical (unpaired) electrons. The molecule has 2 heteroatoms. The molecule has 1 atom stereocenters. The molecule has 4 rings (SSSR count). The fourth-order valence-corrected chi connectivity index (χ4v) is 3.42. The Hall–Kier alpha value is -2.84. The molecule has 0 bridgehead atoms. The molecule has 4 aromatic carbocycles. The lowest BCUT2D eigenvalue weighted by Crippen LogP contribution is -2.04. The number of anilines is 2. The van der Waals surface area contributed by atoms with Crippen LogP contribution in [0.2, 0.25) is 0 Å². The van der Waals surface area contributed by atoms with Gasteiger partial charge in [0, 0.05) is 29.3 Å². The van der Waals surface area contributed by atoms with Crippen LogP contribution < -0.4 is 5.32 Å². The van der Waals surface area contributed by atoms with Crippen LogP contribution in [0.15, 0.2) is 78.9 Å². The summed E-state index contributed by atoms with van der Waals surface area (Å²) in [4.78, 5) is 0. The van der Waals surface area contributed by atoms with Gasteiger partial charge in [-0.05, 0) is 33.9 Å². The zero-order valence-corrected chi connectivity index (χ0v) is 14.2. The summed E-state index contributed by atoms with van der Waals surface area (Å²) < 4.78 is 0. The molecular formula is C23H21NO. The molecule has 0 aromatic heterocycles. The highest BCUT2D eigenvalue weighted by atomic mass is 16.3. The fourth-order valence-electron chi connectivity index (χ4n) is 3.42. The summed E-state index contributed by atoms with van der Waals surface area (Å²) in [5.74, 6) is 0.0714. The summed E-state index contributed by atoms with van der Waals surface area (Å²) in [5.41, 5.74) is 3.26. The Balaban J connectivity index is 1.99. The van der Waals surface area contributed by atoms with Crippen molar-refractivity contribution in [1.29, 1.82) is 0 Å². The largest absolute Gasteiger partial charge is 0.396 e. The molecule has 0 aliphatic rings. The molecule has 2 N–H and O–H groups in total. The Kier molecular flexibility index (Phi) is 4.12. The van der Waals surface area contributed by atoms with Crippen molar-refractivity contribution in [2.24, 2.45) is 0 Å². The first kappa shape index (κ1) is 15.7. The van der Waals surface area contributed by atoms with Crippen molar-refractivity contribution in [2.75, 3.05) is 11.9 Å². The summed E-state index contributed by atoms with van der Waals surface area (Å²) in [6, 6.07) is 27.3. The second kappa shape index (κ2) is 6.58. The standard InChI is InChI=1S/C23H21NO/c1-16(15-25)19-13-14-21-20-10-6-5-7-17(20)11-12-22(21)23(19)24-18-8-3-2-4-9-18/h2-14,16,24-25H,15H2,1H3. The quantitative estimate of drug-likeness (QED) is 0.462. The minimum atomic E-state index is 0.0714. The van der Waals surface area contributed by atoms with Gasteiger partial charge in [-0.25, -0.2) is 0 Å². The van der Waals surface area contributed by atoms with Gasteiger partial charge in [-0.2, -0.15) is 0 Å². The SMILES string of the molecule is CC(CO)c1ccc2c(ccc3ccccc32)c1Nc1ccccc1. The van der Waals surface area contributed by atoms with Crippen LogP contribution in [0.3, 0.4) is 0 Å². The summed E-state index contributed by atoms with van der Waals surface area (Å²) in [6.45, 7) is 2.18. The van der Waals surface area contributed by atoms with Crippen LogP contribution in [0, 0.1) is 0 Å². The molecule has 0 saturated heterocycles. The third-order valence-electron chi connectivity index (χ3n) is 4.81. The summed E-state index contributed by atoms with van der Waals surface area (Å²) in [5, 5.41) is 18.2. The summed E-state index contributed by atoms with van der Waals surface area (Å²) in [7, 11) is 0. The number of para-hydroxylation sites is 1. The van der Waals surface area contributed by atoms with Crippen molar-refractivity contribution < 1.29 is 5.11 Å². The zero-order chi connectivity index (χ0) is 17.2. The normalized spacial score (nSPS) is 12.4. The molecule has 2 nitrogen and oxygen atoms in total. The van der Waals surface area contributed by atoms with E-state index in [1.54, 1.807) is 0 Å². The number of benzene rings is 4. The summed E-state index contributed by atoms with van der Waals surface area (Å²) >= 11 is 0. The Labute approximate surface area is 147 Å². The molecule has 0 heterocycles. The molecule has 0 spiro atoms. The van der Waals surface area contributed by atoms with Crippen molar-refractivity contribution in [2.45, 2.75) is 12.8 Å². The van der Waals surface area contributed by atoms with Gasteiger partial charge >= 0.3 is 0 Å². The molecule has 0 aliphatic heterocycles. The first-order chi connectivity index (χ1) is 12.3. The van der Waals surface area contributed by atoms with E-state index in [4.69, 9.17) is 0 Å². The van der Waals surface area contributed by atoms with Gasteiger partial charge in [-0.3, -0.25) is 0 Å². The number of rotatable bonds is 4. The van der Waals surface area contributed by atoms with Crippen molar-refractivity contribution in [1.82, 2.24) is 0 Å². The van der Waals surface area contributed by atoms with E-state index in [1.807, 2.05) is 18.2 Å². The number of fused-ring (bicyclic) bond motifs is 3. The Morgan fingerprint density at radius 1 is 0.760 bits per heavy atom. The highest BCUT2D eigenvalue weighted by Crippen LogP contribution is 2.37. The monoisotopic (exact) mass is 327 g/mol. The average Bonchev–Trinajstić information content (AvgIpc) is 2.68. The minimum Gasteiger partial charge on any atom is -0.396 e. The maximum absolute atomic E-state index is 9.69. The topological polar surface area (TPSA) is 32.3 Å². The molecule has 25 heavy (non-hydrogen) atoms. The van der Waals surface area contributed by atoms with Crippen molar-refractivity contribution >= 4 is 32.9 Å². The zero-order valence-electron chi connectivity index (χ0n) is 14.2. The number of aliphatic hydroxyl groups is 1. The van der Waals surface area contributed by atoms with Crippen LogP contribution in [0.1, 0.15) is 18.4 Å². The second-order valence-corrected chi connectivity index (χ2v) is 6.49. The van der Waals surface area contributed by atoms with Crippen LogP contribution in [0.5, 0.6) is 0 Å². The van der Waals surface area contributed by atoms with Crippen LogP contribution in [-0.2, 0) is 0 Å². The van der Waals surface area contributed by atoms with E-state index in [2.05, 4.69) is 72.9 Å². The third-order valence-corrected chi connectivity index (χ3v) is 4.81. The third kappa shape index (κ3) is 2.86. The maximum atomic E-state index is 9.69. The van der Waals surface area contributed by atoms with Gasteiger partial charge in [-0.15, -0.1) is 0 Å². The van der Waals surface area contributed by atoms with Gasteiger partial charge in [0.25, 0.3) is 0 Å². The van der Waals surface area contributed by atoms with Gasteiger partial charge in [0.2, 0.25) is 0 Å². The first-order valence-electron chi connectivity index (χ1n) is 8.65. The number of aliphatic hydroxyl groups excluding tert-OH is 1. The Bertz CT molecular complexity index is 1020. The number of hydrogen-bond donors (Lipinski definition) is 2. The first-order valence-corrected chi connectivity index (χ1v) is 8.65. The highest BCUT2D eigenvalue weighted by molar-refractivity contribution is 6.12. The minimum absolute atomic E-state index is 0.0714. The lowest BCUT2D eigenvalue weighted by Gasteiger charge is -2.19. The van der Waals surface area contributed by atoms with Crippen LogP contribution in [0.4, 0.5) is 11.4 Å². The Morgan fingerprint density at radius 3 is 2.28 bits per heavy atom. The molecule has 0 saturated carbocycles. The lowest BCUT2D eigenvalue weighted by molar-refractivity contribution is 0.273. The molecular weight excluding hydrogens is 306 g/mol. The molecule has 124 valence electrons. The van der Waals surface area contributed by atoms with Crippen LogP contribution in [-0.4, -0.2) is 11.7 Å². The predicted molar refractivity (Wildman–Crippen MR) is 107 cm³/mol. The second-order valence-electron chi connectivity index (χ2n) is 6.49. The summed E-state index contributed by atoms with van der Waals surface area (Å²) in [6.07, 6.45) is 0. The van der Waals surface area contributed by atoms with Crippen LogP contribution >= 0.6 is 0 Å². The van der Waals surface area contributed by atoms with Crippen molar-refractivity contribution in [3.63, 3.8) is 0 Å². The Morgan fingerprint density at radius 2 is 1.48 bits per heavy atom. The fraction of sp³-hybridized carbons (Fsp3) is 0.130. The average molecular weight is 327 g/mol. The van der Waals surface area contributed by atoms with E-state index in [1.165, 1.54) is 21.5 Å². The van der Waals surface area contributed by atoms with E-state index in [9.17, 15) is 5.11 Å². The van der Waals surface area contributed by atoms with Gasteiger partial charge in [0.1, 0.15) is 0 Å². The van der Waals surface area contributed by atoms with E-state index in [0.29, 0.717) is 0 Å². The van der Waals surface area contributed by atoms with E-state index >= 15 is 0 Å². The number of nitrogens with one attached hydrogen (secondary N) is 1. The molecule has 0 aliphatic carbocycles. The molecule has 0 amide bonds. The van der Waals surface area contributed by atoms with Crippen molar-refractivity contribution in [3.05, 3.63) is 84.4 Å². The smallest absolute Gasteiger partial charge is 0.0500 e. The van der Waals surface area contributed by atoms with Gasteiger partial charge in [0.05, 0.1) is 0 Å². The highest BCUT2D eigenvalue weighted by Gasteiger charge is 2.14. The molecule has 0 fully saturated rings. The van der Waals surface area contributed by atoms with E-state index in [0.717, 1.165) is 16.9 Å². The van der Waals surface area contributed by atoms with E-state index < -0.39 is 0 Å². The van der Waals surface area contributed by atoms with Gasteiger partial charge in [-0.1, -0.05) is 73.7 Å². The van der Waals surface area contributed by atoms with Gasteiger partial charge in [0.15, 0.2) is 0 Å². The lowest BCUT2D eigenvalue weighted by atomic mass is 9.93. The van der Waals surface area contributed by atoms with Gasteiger partial charge < -0.3 is 10.4 Å². The number of hydrogen-bond acceptors (Lipinski definition) is 2. The van der Waals surface area contributed by atoms with E-state index in [-0.39, 0.29) is 12.5 Å². The van der Waals surface area contributed by atoms with Crippen LogP contribution in [0.25, 0.3) is 21.5 Å². The molecule has 4 aromatic rings.